The normalized spacial score (nSPS) is 14.4. The van der Waals surface area contributed by atoms with E-state index in [-0.39, 0.29) is 18.9 Å². The van der Waals surface area contributed by atoms with Gasteiger partial charge < -0.3 is 20.5 Å². The molecular formula is C24H25F3N2O5S. The predicted octanol–water partition coefficient (Wildman–Crippen LogP) is 4.03. The molecule has 0 spiro atoms. The molecule has 7 nitrogen and oxygen atoms in total. The number of thioether (sulfide) groups is 1. The summed E-state index contributed by atoms with van der Waals surface area (Å²) < 4.78 is 44.0. The van der Waals surface area contributed by atoms with Gasteiger partial charge in [0.1, 0.15) is 12.6 Å². The number of hydrogen-bond acceptors (Lipinski definition) is 5. The van der Waals surface area contributed by atoms with Gasteiger partial charge in [-0.1, -0.05) is 48.5 Å². The number of nitrogens with one attached hydrogen (secondary N) is 2. The van der Waals surface area contributed by atoms with E-state index in [1.807, 2.05) is 53.8 Å². The lowest BCUT2D eigenvalue weighted by Crippen LogP contribution is -2.50. The average molecular weight is 511 g/mol. The lowest BCUT2D eigenvalue weighted by atomic mass is 9.98. The van der Waals surface area contributed by atoms with Crippen LogP contribution in [0.2, 0.25) is 0 Å². The smallest absolute Gasteiger partial charge is 0.407 e. The van der Waals surface area contributed by atoms with Crippen LogP contribution in [-0.2, 0) is 14.3 Å². The van der Waals surface area contributed by atoms with Crippen LogP contribution in [0.15, 0.2) is 48.5 Å². The van der Waals surface area contributed by atoms with Gasteiger partial charge in [0, 0.05) is 12.5 Å². The van der Waals surface area contributed by atoms with Crippen LogP contribution in [-0.4, -0.2) is 60.5 Å². The lowest BCUT2D eigenvalue weighted by Gasteiger charge is -2.21. The Balaban J connectivity index is 1.63. The molecule has 2 amide bonds. The third-order valence-electron chi connectivity index (χ3n) is 5.74. The summed E-state index contributed by atoms with van der Waals surface area (Å²) in [5.41, 5.74) is 4.11. The van der Waals surface area contributed by atoms with E-state index in [0.29, 0.717) is 5.75 Å². The molecule has 11 heteroatoms. The Morgan fingerprint density at radius 1 is 1.06 bits per heavy atom. The van der Waals surface area contributed by atoms with Crippen molar-refractivity contribution < 1.29 is 37.4 Å². The molecular weight excluding hydrogens is 485 g/mol. The molecule has 0 saturated carbocycles. The summed E-state index contributed by atoms with van der Waals surface area (Å²) in [6.07, 6.45) is -4.01. The largest absolute Gasteiger partial charge is 0.481 e. The van der Waals surface area contributed by atoms with Crippen molar-refractivity contribution in [3.63, 3.8) is 0 Å². The topological polar surface area (TPSA) is 105 Å². The quantitative estimate of drug-likeness (QED) is 0.446. The highest BCUT2D eigenvalue weighted by molar-refractivity contribution is 7.98. The number of benzene rings is 2. The highest BCUT2D eigenvalue weighted by Gasteiger charge is 2.45. The molecule has 0 aromatic heterocycles. The van der Waals surface area contributed by atoms with E-state index in [9.17, 15) is 27.6 Å². The highest BCUT2D eigenvalue weighted by atomic mass is 32.2. The fraction of sp³-hybridized carbons (Fsp3) is 0.375. The molecule has 0 saturated heterocycles. The Hall–Kier alpha value is -3.21. The van der Waals surface area contributed by atoms with Gasteiger partial charge in [0.25, 0.3) is 0 Å². The van der Waals surface area contributed by atoms with Crippen LogP contribution in [0.5, 0.6) is 0 Å². The van der Waals surface area contributed by atoms with Gasteiger partial charge in [-0.2, -0.15) is 24.9 Å². The highest BCUT2D eigenvalue weighted by Crippen LogP contribution is 2.44. The van der Waals surface area contributed by atoms with Gasteiger partial charge in [0.05, 0.1) is 0 Å². The number of amides is 2. The third kappa shape index (κ3) is 6.47. The first-order chi connectivity index (χ1) is 16.6. The van der Waals surface area contributed by atoms with Crippen LogP contribution in [0.4, 0.5) is 18.0 Å². The number of alkyl halides is 3. The average Bonchev–Trinajstić information content (AvgIpc) is 3.13. The number of aliphatic carboxylic acids is 1. The fourth-order valence-corrected chi connectivity index (χ4v) is 4.43. The van der Waals surface area contributed by atoms with Crippen molar-refractivity contribution in [1.82, 2.24) is 10.6 Å². The molecule has 0 radical (unpaired) electrons. The molecule has 1 unspecified atom stereocenters. The monoisotopic (exact) mass is 510 g/mol. The van der Waals surface area contributed by atoms with Crippen molar-refractivity contribution in [3.8, 4) is 11.1 Å². The van der Waals surface area contributed by atoms with E-state index in [1.54, 1.807) is 6.26 Å². The van der Waals surface area contributed by atoms with Gasteiger partial charge >= 0.3 is 18.2 Å². The van der Waals surface area contributed by atoms with Crippen molar-refractivity contribution >= 4 is 29.7 Å². The van der Waals surface area contributed by atoms with E-state index in [2.05, 4.69) is 5.32 Å². The number of carboxylic acids is 1. The van der Waals surface area contributed by atoms with Gasteiger partial charge in [0.15, 0.2) is 5.92 Å². The van der Waals surface area contributed by atoms with Gasteiger partial charge in [-0.25, -0.2) is 4.79 Å². The van der Waals surface area contributed by atoms with E-state index in [0.717, 1.165) is 22.3 Å². The van der Waals surface area contributed by atoms with Crippen molar-refractivity contribution in [1.29, 1.82) is 0 Å². The number of ether oxygens (including phenoxy) is 1. The number of carboxylic acid groups (broad SMARTS) is 1. The van der Waals surface area contributed by atoms with E-state index >= 15 is 0 Å². The summed E-state index contributed by atoms with van der Waals surface area (Å²) >= 11 is 1.38. The van der Waals surface area contributed by atoms with Gasteiger partial charge in [-0.15, -0.1) is 0 Å². The minimum atomic E-state index is -5.02. The van der Waals surface area contributed by atoms with Gasteiger partial charge in [-0.05, 0) is 40.7 Å². The molecule has 2 aromatic rings. The number of carbonyl (C=O) groups excluding carboxylic acids is 2. The Kier molecular flexibility index (Phi) is 8.66. The van der Waals surface area contributed by atoms with E-state index in [4.69, 9.17) is 9.84 Å². The van der Waals surface area contributed by atoms with Crippen LogP contribution < -0.4 is 10.6 Å². The maximum absolute atomic E-state index is 12.9. The molecule has 35 heavy (non-hydrogen) atoms. The summed E-state index contributed by atoms with van der Waals surface area (Å²) in [5, 5.41) is 13.2. The second-order valence-corrected chi connectivity index (χ2v) is 8.97. The van der Waals surface area contributed by atoms with Crippen molar-refractivity contribution in [2.24, 2.45) is 5.92 Å². The maximum atomic E-state index is 12.9. The molecule has 0 aliphatic heterocycles. The Morgan fingerprint density at radius 2 is 1.63 bits per heavy atom. The Labute approximate surface area is 204 Å². The number of hydrogen-bond donors (Lipinski definition) is 3. The minimum Gasteiger partial charge on any atom is -0.481 e. The van der Waals surface area contributed by atoms with Crippen LogP contribution in [0.3, 0.4) is 0 Å². The first-order valence-corrected chi connectivity index (χ1v) is 12.2. The second kappa shape index (κ2) is 11.5. The minimum absolute atomic E-state index is 0.00584. The zero-order chi connectivity index (χ0) is 25.6. The second-order valence-electron chi connectivity index (χ2n) is 7.98. The summed E-state index contributed by atoms with van der Waals surface area (Å²) in [6, 6.07) is 14.3. The first-order valence-electron chi connectivity index (χ1n) is 10.8. The number of carbonyl (C=O) groups is 3. The third-order valence-corrected chi connectivity index (χ3v) is 6.38. The lowest BCUT2D eigenvalue weighted by molar-refractivity contribution is -0.192. The predicted molar refractivity (Wildman–Crippen MR) is 125 cm³/mol. The van der Waals surface area contributed by atoms with Crippen LogP contribution in [0.1, 0.15) is 23.5 Å². The van der Waals surface area contributed by atoms with Crippen LogP contribution in [0.25, 0.3) is 11.1 Å². The Morgan fingerprint density at radius 3 is 2.14 bits per heavy atom. The molecule has 2 atom stereocenters. The molecule has 2 aromatic carbocycles. The molecule has 3 rings (SSSR count). The fourth-order valence-electron chi connectivity index (χ4n) is 3.96. The molecule has 0 heterocycles. The van der Waals surface area contributed by atoms with Crippen molar-refractivity contribution in [2.45, 2.75) is 24.6 Å². The van der Waals surface area contributed by atoms with Gasteiger partial charge in [0.2, 0.25) is 5.91 Å². The standard InChI is InChI=1S/C24H25F3N2O5S/c1-35-11-10-20(21(30)28-12-19(22(31)32)24(25,26)27)29-23(33)34-13-18-16-8-4-2-6-14(16)15-7-3-5-9-17(15)18/h2-9,18-20H,10-13H2,1H3,(H,28,30)(H,29,33)(H,31,32)/t19?,20-/m0/s1. The summed E-state index contributed by atoms with van der Waals surface area (Å²) in [5.74, 6) is -5.52. The van der Waals surface area contributed by atoms with E-state index in [1.165, 1.54) is 11.8 Å². The van der Waals surface area contributed by atoms with Gasteiger partial charge in [-0.3, -0.25) is 9.59 Å². The molecule has 3 N–H and O–H groups in total. The van der Waals surface area contributed by atoms with Crippen molar-refractivity contribution in [2.75, 3.05) is 25.2 Å². The number of alkyl carbamates (subject to hydrolysis) is 1. The molecule has 188 valence electrons. The first kappa shape index (κ1) is 26.4. The SMILES string of the molecule is CSCC[C@H](NC(=O)OCC1c2ccccc2-c2ccccc21)C(=O)NCC(C(=O)O)C(F)(F)F. The van der Waals surface area contributed by atoms with E-state index < -0.39 is 42.7 Å². The van der Waals surface area contributed by atoms with Crippen molar-refractivity contribution in [3.05, 3.63) is 59.7 Å². The van der Waals surface area contributed by atoms with Crippen LogP contribution in [0, 0.1) is 5.92 Å². The zero-order valence-electron chi connectivity index (χ0n) is 18.8. The zero-order valence-corrected chi connectivity index (χ0v) is 19.6. The summed E-state index contributed by atoms with van der Waals surface area (Å²) in [4.78, 5) is 35.9. The molecule has 1 aliphatic carbocycles. The van der Waals surface area contributed by atoms with Crippen LogP contribution >= 0.6 is 11.8 Å². The number of rotatable bonds is 10. The summed E-state index contributed by atoms with van der Waals surface area (Å²) in [6.45, 7) is -1.13. The molecule has 1 aliphatic rings. The Bertz CT molecular complexity index is 1030. The molecule has 0 bridgehead atoms. The summed E-state index contributed by atoms with van der Waals surface area (Å²) in [7, 11) is 0. The maximum Gasteiger partial charge on any atom is 0.407 e. The molecule has 0 fully saturated rings. The number of fused-ring (bicyclic) bond motifs is 3. The number of halogens is 3.